The van der Waals surface area contributed by atoms with Gasteiger partial charge in [0.2, 0.25) is 0 Å². The molecule has 0 unspecified atom stereocenters. The largest absolute Gasteiger partial charge is 0.420 e. The van der Waals surface area contributed by atoms with E-state index >= 15 is 43.9 Å². The van der Waals surface area contributed by atoms with Crippen molar-refractivity contribution in [2.75, 3.05) is 0 Å². The number of halogens is 10. The van der Waals surface area contributed by atoms with Gasteiger partial charge in [0.1, 0.15) is 34.4 Å². The lowest BCUT2D eigenvalue weighted by molar-refractivity contribution is -0.138. The molecule has 4 nitrogen and oxygen atoms in total. The minimum Gasteiger partial charge on any atom is -0.309 e. The van der Waals surface area contributed by atoms with Gasteiger partial charge in [0.05, 0.1) is 78.0 Å². The number of fused-ring (bicyclic) bond motifs is 12. The quantitative estimate of drug-likeness (QED) is 0.109. The zero-order valence-corrected chi connectivity index (χ0v) is 66.1. The van der Waals surface area contributed by atoms with Crippen molar-refractivity contribution in [3.8, 4) is 89.5 Å². The number of nitrogens with zero attached hydrogens (tertiary/aromatic N) is 4. The molecule has 20 aromatic rings. The second kappa shape index (κ2) is 28.1. The fourth-order valence-electron chi connectivity index (χ4n) is 19.0. The molecule has 0 aliphatic carbocycles. The third-order valence-corrected chi connectivity index (χ3v) is 23.6. The highest BCUT2D eigenvalue weighted by Crippen LogP contribution is 2.51. The predicted octanol–water partition coefficient (Wildman–Crippen LogP) is 30.4. The van der Waals surface area contributed by atoms with Gasteiger partial charge < -0.3 is 18.3 Å². The first-order valence-electron chi connectivity index (χ1n) is 39.7. The van der Waals surface area contributed by atoms with Gasteiger partial charge in [0, 0.05) is 43.1 Å². The van der Waals surface area contributed by atoms with Crippen LogP contribution in [0.25, 0.3) is 177 Å². The van der Waals surface area contributed by atoms with Gasteiger partial charge in [-0.05, 0) is 231 Å². The normalized spacial score (nSPS) is 12.2. The van der Waals surface area contributed by atoms with Crippen molar-refractivity contribution >= 4 is 87.2 Å². The van der Waals surface area contributed by atoms with Crippen LogP contribution in [0.5, 0.6) is 0 Å². The smallest absolute Gasteiger partial charge is 0.309 e. The molecule has 0 N–H and O–H groups in total. The number of aromatic nitrogens is 4. The van der Waals surface area contributed by atoms with E-state index in [4.69, 9.17) is 0 Å². The predicted molar refractivity (Wildman–Crippen MR) is 469 cm³/mol. The maximum atomic E-state index is 17.6. The monoisotopic (exact) mass is 1590 g/mol. The van der Waals surface area contributed by atoms with Crippen molar-refractivity contribution in [2.24, 2.45) is 0 Å². The molecule has 0 aliphatic heterocycles. The zero-order chi connectivity index (χ0) is 82.8. The Hall–Kier alpha value is -14.0. The highest BCUT2D eigenvalue weighted by molar-refractivity contribution is 6.15. The fourth-order valence-corrected chi connectivity index (χ4v) is 19.0. The molecule has 16 aromatic carbocycles. The van der Waals surface area contributed by atoms with Crippen molar-refractivity contribution < 1.29 is 43.9 Å². The standard InChI is InChI=1S/C106H72F10N4/c1-58-36-59(2)41-71(40-58)67-29-34-92-83(50-67)78-17-9-12-24-90(78)117(92)97-54-75(101-85(107)19-14-20-86(101)108)55-98(103(97)105(111,112)113)118-91-25-13-10-18-79(91)84-51-68(30-35-93(84)118)74-46-64(7)39-66(48-74)47-65-26-31-80-82-33-28-70(73-44-62(5)38-63(6)45-73)53-96(82)120(94(80)49-65)100-57-76(102-87(109)21-15-22-88(102)110)56-99(104(100)106(114,115)116)119-89-23-11-8-16-77(89)81-32-27-69(52-95(81)119)72-42-60(3)37-61(4)43-72/h8-46,48-57H,47H2,1-7H3. The number of alkyl halides is 6. The minimum atomic E-state index is -5.13. The number of para-hydroxylation sites is 3. The molecule has 0 saturated carbocycles. The van der Waals surface area contributed by atoms with Gasteiger partial charge in [0.15, 0.2) is 0 Å². The second-order valence-corrected chi connectivity index (χ2v) is 32.2. The van der Waals surface area contributed by atoms with E-state index in [0.29, 0.717) is 98.4 Å². The Morgan fingerprint density at radius 1 is 0.208 bits per heavy atom. The van der Waals surface area contributed by atoms with E-state index in [9.17, 15) is 0 Å². The van der Waals surface area contributed by atoms with Crippen LogP contribution in [-0.4, -0.2) is 18.3 Å². The molecular weight excluding hydrogens is 1520 g/mol. The lowest BCUT2D eigenvalue weighted by Crippen LogP contribution is -2.16. The van der Waals surface area contributed by atoms with Crippen LogP contribution in [0.1, 0.15) is 61.2 Å². The van der Waals surface area contributed by atoms with E-state index in [0.717, 1.165) is 108 Å². The summed E-state index contributed by atoms with van der Waals surface area (Å²) in [5.74, 6) is -3.85. The van der Waals surface area contributed by atoms with Gasteiger partial charge in [0.25, 0.3) is 0 Å². The molecule has 14 heteroatoms. The van der Waals surface area contributed by atoms with Crippen LogP contribution in [0.3, 0.4) is 0 Å². The Balaban J connectivity index is 0.769. The number of hydrogen-bond donors (Lipinski definition) is 0. The Morgan fingerprint density at radius 2 is 0.492 bits per heavy atom. The maximum Gasteiger partial charge on any atom is 0.420 e. The third-order valence-electron chi connectivity index (χ3n) is 23.6. The summed E-state index contributed by atoms with van der Waals surface area (Å²) in [5, 5.41) is 5.10. The summed E-state index contributed by atoms with van der Waals surface area (Å²) < 4.78 is 177. The van der Waals surface area contributed by atoms with Crippen LogP contribution >= 0.6 is 0 Å². The van der Waals surface area contributed by atoms with Crippen molar-refractivity contribution in [3.05, 3.63) is 382 Å². The topological polar surface area (TPSA) is 19.7 Å². The molecule has 4 heterocycles. The molecule has 20 rings (SSSR count). The molecule has 0 radical (unpaired) electrons. The van der Waals surface area contributed by atoms with Crippen molar-refractivity contribution in [1.29, 1.82) is 0 Å². The first kappa shape index (κ1) is 74.8. The minimum absolute atomic E-state index is 0.122. The summed E-state index contributed by atoms with van der Waals surface area (Å²) in [5.41, 5.74) is 13.5. The van der Waals surface area contributed by atoms with Gasteiger partial charge in [-0.25, -0.2) is 17.6 Å². The van der Waals surface area contributed by atoms with Gasteiger partial charge in [-0.15, -0.1) is 0 Å². The molecular formula is C106H72F10N4. The van der Waals surface area contributed by atoms with Crippen LogP contribution in [0.15, 0.2) is 297 Å². The van der Waals surface area contributed by atoms with E-state index in [1.807, 2.05) is 218 Å². The summed E-state index contributed by atoms with van der Waals surface area (Å²) in [7, 11) is 0. The third kappa shape index (κ3) is 12.6. The summed E-state index contributed by atoms with van der Waals surface area (Å²) >= 11 is 0. The maximum absolute atomic E-state index is 17.6. The molecule has 0 fully saturated rings. The van der Waals surface area contributed by atoms with Crippen LogP contribution in [0, 0.1) is 71.7 Å². The Bertz CT molecular complexity index is 7650. The second-order valence-electron chi connectivity index (χ2n) is 32.2. The average molecular weight is 1590 g/mol. The molecule has 4 aromatic heterocycles. The molecule has 0 amide bonds. The Labute approximate surface area is 683 Å². The van der Waals surface area contributed by atoms with E-state index in [1.54, 1.807) is 56.2 Å². The highest BCUT2D eigenvalue weighted by atomic mass is 19.4. The van der Waals surface area contributed by atoms with Gasteiger partial charge >= 0.3 is 12.4 Å². The van der Waals surface area contributed by atoms with Crippen LogP contribution < -0.4 is 0 Å². The Morgan fingerprint density at radius 3 is 0.867 bits per heavy atom. The first-order chi connectivity index (χ1) is 57.7. The molecule has 0 spiro atoms. The van der Waals surface area contributed by atoms with Crippen LogP contribution in [0.2, 0.25) is 0 Å². The summed E-state index contributed by atoms with van der Waals surface area (Å²) in [6.07, 6.45) is -9.96. The lowest BCUT2D eigenvalue weighted by atomic mass is 9.95. The number of rotatable bonds is 12. The van der Waals surface area contributed by atoms with Gasteiger partial charge in [-0.3, -0.25) is 0 Å². The van der Waals surface area contributed by atoms with E-state index < -0.39 is 57.9 Å². The number of hydrogen-bond acceptors (Lipinski definition) is 0. The molecule has 0 aliphatic rings. The van der Waals surface area contributed by atoms with E-state index in [1.165, 1.54) is 41.0 Å². The SMILES string of the molecule is Cc1cc(C)cc(-c2ccc3c(c2)c2ccccc2n3-c2cc(-c3c(F)cccc3F)cc(-n3c4ccccc4c4cc(-c5cc(C)cc(Cc6ccc7c8ccc(-c9cc(C)cc(C)c9)cc8n(-c8cc(-c9c(F)cccc9F)cc(-n9c%10ccccc%10c%10ccc(-c%11cc(C)cc(C)c%11)cc%109)c8C(F)(F)F)c7c6)c5)ccc43)c2C(F)(F)F)c1. The Kier molecular flexibility index (Phi) is 17.5. The molecule has 0 bridgehead atoms. The van der Waals surface area contributed by atoms with Gasteiger partial charge in [-0.2, -0.15) is 26.3 Å². The van der Waals surface area contributed by atoms with E-state index in [-0.39, 0.29) is 40.3 Å². The fraction of sp³-hybridized carbons (Fsp3) is 0.0943. The summed E-state index contributed by atoms with van der Waals surface area (Å²) in [6.45, 7) is 13.9. The van der Waals surface area contributed by atoms with Crippen LogP contribution in [0.4, 0.5) is 43.9 Å². The molecule has 586 valence electrons. The molecule has 120 heavy (non-hydrogen) atoms. The first-order valence-corrected chi connectivity index (χ1v) is 39.7. The summed E-state index contributed by atoms with van der Waals surface area (Å²) in [6, 6.07) is 86.5. The average Bonchev–Trinajstić information content (AvgIpc) is 1.56. The van der Waals surface area contributed by atoms with Crippen molar-refractivity contribution in [1.82, 2.24) is 18.3 Å². The highest BCUT2D eigenvalue weighted by Gasteiger charge is 2.42. The van der Waals surface area contributed by atoms with Crippen LogP contribution in [-0.2, 0) is 18.8 Å². The molecule has 0 atom stereocenters. The lowest BCUT2D eigenvalue weighted by Gasteiger charge is -2.23. The summed E-state index contributed by atoms with van der Waals surface area (Å²) in [4.78, 5) is 0. The number of aryl methyl sites for hydroxylation is 7. The number of benzene rings is 16. The van der Waals surface area contributed by atoms with Gasteiger partial charge in [-0.1, -0.05) is 227 Å². The van der Waals surface area contributed by atoms with Crippen molar-refractivity contribution in [3.63, 3.8) is 0 Å². The molecule has 0 saturated heterocycles. The van der Waals surface area contributed by atoms with Crippen molar-refractivity contribution in [2.45, 2.75) is 67.2 Å². The zero-order valence-electron chi connectivity index (χ0n) is 66.1. The van der Waals surface area contributed by atoms with E-state index in [2.05, 4.69) is 24.3 Å².